The van der Waals surface area contributed by atoms with Gasteiger partial charge in [0.2, 0.25) is 11.8 Å². The van der Waals surface area contributed by atoms with Crippen molar-refractivity contribution in [1.82, 2.24) is 10.6 Å². The van der Waals surface area contributed by atoms with Crippen molar-refractivity contribution < 1.29 is 9.59 Å². The van der Waals surface area contributed by atoms with E-state index in [9.17, 15) is 9.59 Å². The SMILES string of the molecule is CCCCCC(=O)NC(=S)Nc1ccc(NC(=S)NC(C)=O)cc1. The molecule has 1 rings (SSSR count). The standard InChI is InChI=1S/C16H22N4O2S2/c1-3-4-5-6-14(22)20-16(24)19-13-9-7-12(8-10-13)18-15(23)17-11(2)21/h7-10H,3-6H2,1-2H3,(H2,17,18,21,23)(H2,19,20,22,24). The Kier molecular flexibility index (Phi) is 8.88. The second kappa shape index (κ2) is 10.7. The number of amides is 2. The van der Waals surface area contributed by atoms with Crippen LogP contribution >= 0.6 is 24.4 Å². The molecular formula is C16H22N4O2S2. The largest absolute Gasteiger partial charge is 0.332 e. The number of thiocarbonyl (C=S) groups is 2. The van der Waals surface area contributed by atoms with E-state index in [1.54, 1.807) is 24.3 Å². The van der Waals surface area contributed by atoms with Crippen molar-refractivity contribution in [2.45, 2.75) is 39.5 Å². The van der Waals surface area contributed by atoms with Gasteiger partial charge in [0.05, 0.1) is 0 Å². The number of rotatable bonds is 6. The smallest absolute Gasteiger partial charge is 0.226 e. The van der Waals surface area contributed by atoms with E-state index in [0.29, 0.717) is 6.42 Å². The van der Waals surface area contributed by atoms with Crippen LogP contribution in [-0.2, 0) is 9.59 Å². The van der Waals surface area contributed by atoms with Gasteiger partial charge in [-0.2, -0.15) is 0 Å². The number of unbranched alkanes of at least 4 members (excludes halogenated alkanes) is 2. The summed E-state index contributed by atoms with van der Waals surface area (Å²) in [5, 5.41) is 11.5. The Morgan fingerprint density at radius 2 is 1.42 bits per heavy atom. The predicted octanol–water partition coefficient (Wildman–Crippen LogP) is 2.91. The number of carbonyl (C=O) groups excluding carboxylic acids is 2. The van der Waals surface area contributed by atoms with Crippen LogP contribution in [0.4, 0.5) is 11.4 Å². The van der Waals surface area contributed by atoms with Crippen LogP contribution in [0.5, 0.6) is 0 Å². The summed E-state index contributed by atoms with van der Waals surface area (Å²) in [4.78, 5) is 22.6. The molecule has 0 aliphatic carbocycles. The van der Waals surface area contributed by atoms with Crippen LogP contribution in [0.1, 0.15) is 39.5 Å². The van der Waals surface area contributed by atoms with Crippen LogP contribution in [0.2, 0.25) is 0 Å². The lowest BCUT2D eigenvalue weighted by molar-refractivity contribution is -0.120. The molecule has 0 unspecified atom stereocenters. The number of carbonyl (C=O) groups is 2. The van der Waals surface area contributed by atoms with Gasteiger partial charge >= 0.3 is 0 Å². The van der Waals surface area contributed by atoms with Gasteiger partial charge in [-0.15, -0.1) is 0 Å². The molecule has 0 aromatic heterocycles. The average molecular weight is 367 g/mol. The van der Waals surface area contributed by atoms with E-state index in [4.69, 9.17) is 24.4 Å². The average Bonchev–Trinajstić information content (AvgIpc) is 2.48. The molecule has 6 nitrogen and oxygen atoms in total. The Labute approximate surface area is 152 Å². The summed E-state index contributed by atoms with van der Waals surface area (Å²) in [5.74, 6) is -0.314. The van der Waals surface area contributed by atoms with Crippen molar-refractivity contribution in [3.05, 3.63) is 24.3 Å². The van der Waals surface area contributed by atoms with E-state index in [2.05, 4.69) is 28.2 Å². The summed E-state index contributed by atoms with van der Waals surface area (Å²) >= 11 is 10.1. The number of benzene rings is 1. The van der Waals surface area contributed by atoms with Gasteiger partial charge in [-0.25, -0.2) is 0 Å². The van der Waals surface area contributed by atoms with Crippen LogP contribution in [0.15, 0.2) is 24.3 Å². The minimum absolute atomic E-state index is 0.0834. The minimum atomic E-state index is -0.231. The summed E-state index contributed by atoms with van der Waals surface area (Å²) in [6.45, 7) is 3.48. The van der Waals surface area contributed by atoms with E-state index in [1.165, 1.54) is 6.92 Å². The third-order valence-electron chi connectivity index (χ3n) is 2.95. The lowest BCUT2D eigenvalue weighted by Gasteiger charge is -2.11. The molecule has 0 atom stereocenters. The number of nitrogens with one attached hydrogen (secondary N) is 4. The minimum Gasteiger partial charge on any atom is -0.332 e. The van der Waals surface area contributed by atoms with Crippen LogP contribution < -0.4 is 21.3 Å². The molecule has 24 heavy (non-hydrogen) atoms. The number of hydrogen-bond donors (Lipinski definition) is 4. The van der Waals surface area contributed by atoms with Crippen LogP contribution in [0.3, 0.4) is 0 Å². The van der Waals surface area contributed by atoms with Crippen LogP contribution in [0, 0.1) is 0 Å². The van der Waals surface area contributed by atoms with Gasteiger partial charge in [0.1, 0.15) is 0 Å². The molecule has 0 aliphatic heterocycles. The fourth-order valence-corrected chi connectivity index (χ4v) is 2.34. The van der Waals surface area contributed by atoms with E-state index in [1.807, 2.05) is 0 Å². The van der Waals surface area contributed by atoms with Crippen LogP contribution in [-0.4, -0.2) is 22.0 Å². The van der Waals surface area contributed by atoms with Gasteiger partial charge in [0.15, 0.2) is 10.2 Å². The monoisotopic (exact) mass is 366 g/mol. The van der Waals surface area contributed by atoms with E-state index < -0.39 is 0 Å². The molecule has 0 spiro atoms. The summed E-state index contributed by atoms with van der Waals surface area (Å²) in [7, 11) is 0. The van der Waals surface area contributed by atoms with Crippen molar-refractivity contribution >= 4 is 57.8 Å². The second-order valence-corrected chi connectivity index (χ2v) is 5.99. The van der Waals surface area contributed by atoms with Gasteiger partial charge < -0.3 is 21.3 Å². The van der Waals surface area contributed by atoms with Gasteiger partial charge in [-0.05, 0) is 55.1 Å². The normalized spacial score (nSPS) is 9.75. The molecule has 0 radical (unpaired) electrons. The van der Waals surface area contributed by atoms with Gasteiger partial charge in [-0.1, -0.05) is 19.8 Å². The maximum absolute atomic E-state index is 11.7. The summed E-state index contributed by atoms with van der Waals surface area (Å²) in [6.07, 6.45) is 3.43. The Bertz CT molecular complexity index is 603. The highest BCUT2D eigenvalue weighted by molar-refractivity contribution is 7.80. The first-order valence-electron chi connectivity index (χ1n) is 7.70. The first-order chi connectivity index (χ1) is 11.4. The van der Waals surface area contributed by atoms with E-state index >= 15 is 0 Å². The molecule has 4 N–H and O–H groups in total. The van der Waals surface area contributed by atoms with E-state index in [0.717, 1.165) is 30.6 Å². The lowest BCUT2D eigenvalue weighted by Crippen LogP contribution is -2.34. The Hall–Kier alpha value is -2.06. The highest BCUT2D eigenvalue weighted by Crippen LogP contribution is 2.13. The third kappa shape index (κ3) is 8.54. The fraction of sp³-hybridized carbons (Fsp3) is 0.375. The zero-order valence-electron chi connectivity index (χ0n) is 13.8. The third-order valence-corrected chi connectivity index (χ3v) is 3.36. The van der Waals surface area contributed by atoms with Crippen molar-refractivity contribution in [2.24, 2.45) is 0 Å². The van der Waals surface area contributed by atoms with Crippen molar-refractivity contribution in [2.75, 3.05) is 10.6 Å². The molecule has 0 bridgehead atoms. The van der Waals surface area contributed by atoms with Crippen molar-refractivity contribution in [3.8, 4) is 0 Å². The second-order valence-electron chi connectivity index (χ2n) is 5.17. The van der Waals surface area contributed by atoms with Crippen molar-refractivity contribution in [3.63, 3.8) is 0 Å². The Morgan fingerprint density at radius 1 is 0.917 bits per heavy atom. The molecule has 1 aromatic rings. The summed E-state index contributed by atoms with van der Waals surface area (Å²) < 4.78 is 0. The zero-order valence-corrected chi connectivity index (χ0v) is 15.4. The predicted molar refractivity (Wildman–Crippen MR) is 105 cm³/mol. The summed E-state index contributed by atoms with van der Waals surface area (Å²) in [6, 6.07) is 7.13. The van der Waals surface area contributed by atoms with E-state index in [-0.39, 0.29) is 22.0 Å². The quantitative estimate of drug-likeness (QED) is 0.458. The Balaban J connectivity index is 2.43. The molecule has 0 saturated heterocycles. The number of hydrogen-bond acceptors (Lipinski definition) is 4. The highest BCUT2D eigenvalue weighted by atomic mass is 32.1. The highest BCUT2D eigenvalue weighted by Gasteiger charge is 2.05. The fourth-order valence-electron chi connectivity index (χ4n) is 1.85. The molecule has 0 fully saturated rings. The maximum atomic E-state index is 11.7. The molecule has 1 aromatic carbocycles. The lowest BCUT2D eigenvalue weighted by atomic mass is 10.2. The molecule has 8 heteroatoms. The molecule has 130 valence electrons. The van der Waals surface area contributed by atoms with Gasteiger partial charge in [0.25, 0.3) is 0 Å². The maximum Gasteiger partial charge on any atom is 0.226 e. The molecule has 0 heterocycles. The Morgan fingerprint density at radius 3 is 1.88 bits per heavy atom. The van der Waals surface area contributed by atoms with Crippen LogP contribution in [0.25, 0.3) is 0 Å². The molecule has 0 saturated carbocycles. The molecular weight excluding hydrogens is 344 g/mol. The van der Waals surface area contributed by atoms with Gasteiger partial charge in [-0.3, -0.25) is 9.59 Å². The summed E-state index contributed by atoms with van der Waals surface area (Å²) in [5.41, 5.74) is 1.47. The molecule has 2 amide bonds. The molecule has 0 aliphatic rings. The van der Waals surface area contributed by atoms with Crippen molar-refractivity contribution in [1.29, 1.82) is 0 Å². The topological polar surface area (TPSA) is 82.3 Å². The zero-order chi connectivity index (χ0) is 17.9. The van der Waals surface area contributed by atoms with Gasteiger partial charge in [0, 0.05) is 24.7 Å². The first-order valence-corrected chi connectivity index (χ1v) is 8.52. The number of anilines is 2. The first kappa shape index (κ1) is 20.0.